The zero-order valence-corrected chi connectivity index (χ0v) is 11.9. The second-order valence-electron chi connectivity index (χ2n) is 4.45. The first kappa shape index (κ1) is 15.1. The maximum Gasteiger partial charge on any atom is 0.266 e. The molecule has 0 aliphatic rings. The topological polar surface area (TPSA) is 82.3 Å². The third-order valence-electron chi connectivity index (χ3n) is 2.90. The number of nitriles is 1. The predicted molar refractivity (Wildman–Crippen MR) is 83.3 cm³/mol. The fourth-order valence-electron chi connectivity index (χ4n) is 1.79. The maximum absolute atomic E-state index is 12.1. The number of rotatable bonds is 4. The Kier molecular flexibility index (Phi) is 4.78. The van der Waals surface area contributed by atoms with E-state index in [1.54, 1.807) is 36.4 Å². The summed E-state index contributed by atoms with van der Waals surface area (Å²) in [5.41, 5.74) is 1.15. The molecule has 2 aromatic carbocycles. The molecule has 0 aromatic heterocycles. The summed E-state index contributed by atoms with van der Waals surface area (Å²) in [6, 6.07) is 14.9. The van der Waals surface area contributed by atoms with Crippen molar-refractivity contribution in [2.45, 2.75) is 0 Å². The van der Waals surface area contributed by atoms with Crippen molar-refractivity contribution in [3.8, 4) is 17.6 Å². The second-order valence-corrected chi connectivity index (χ2v) is 4.45. The van der Waals surface area contributed by atoms with Crippen LogP contribution in [-0.2, 0) is 4.79 Å². The molecular weight excluding hydrogens is 280 g/mol. The van der Waals surface area contributed by atoms with Crippen LogP contribution in [0.2, 0.25) is 0 Å². The highest BCUT2D eigenvalue weighted by atomic mass is 16.5. The van der Waals surface area contributed by atoms with Gasteiger partial charge in [0.15, 0.2) is 0 Å². The molecule has 0 saturated carbocycles. The third-order valence-corrected chi connectivity index (χ3v) is 2.90. The van der Waals surface area contributed by atoms with Crippen molar-refractivity contribution >= 4 is 17.7 Å². The van der Waals surface area contributed by atoms with Gasteiger partial charge < -0.3 is 15.2 Å². The number of nitrogens with zero attached hydrogens (tertiary/aromatic N) is 1. The molecule has 0 heterocycles. The minimum absolute atomic E-state index is 0.0338. The molecule has 0 bridgehead atoms. The van der Waals surface area contributed by atoms with E-state index in [9.17, 15) is 9.90 Å². The smallest absolute Gasteiger partial charge is 0.266 e. The van der Waals surface area contributed by atoms with Crippen LogP contribution in [0, 0.1) is 11.3 Å². The van der Waals surface area contributed by atoms with Crippen molar-refractivity contribution < 1.29 is 14.6 Å². The number of aromatic hydroxyl groups is 1. The third kappa shape index (κ3) is 3.87. The average Bonchev–Trinajstić information content (AvgIpc) is 2.54. The van der Waals surface area contributed by atoms with Crippen LogP contribution < -0.4 is 10.1 Å². The highest BCUT2D eigenvalue weighted by Gasteiger charge is 2.10. The van der Waals surface area contributed by atoms with Gasteiger partial charge in [0, 0.05) is 11.8 Å². The molecule has 0 aliphatic carbocycles. The van der Waals surface area contributed by atoms with E-state index in [1.165, 1.54) is 25.3 Å². The standard InChI is InChI=1S/C17H14N2O3/c1-22-16-4-2-3-14(10-16)19-17(21)13(11-18)9-12-5-7-15(20)8-6-12/h2-10,20H,1H3,(H,19,21)/b13-9-. The van der Waals surface area contributed by atoms with E-state index in [0.29, 0.717) is 17.0 Å². The summed E-state index contributed by atoms with van der Waals surface area (Å²) in [6.07, 6.45) is 1.45. The Bertz CT molecular complexity index is 743. The number of hydrogen-bond acceptors (Lipinski definition) is 4. The van der Waals surface area contributed by atoms with Crippen molar-refractivity contribution in [3.05, 3.63) is 59.7 Å². The summed E-state index contributed by atoms with van der Waals surface area (Å²) in [4.78, 5) is 12.1. The Balaban J connectivity index is 2.18. The van der Waals surface area contributed by atoms with Crippen molar-refractivity contribution in [1.29, 1.82) is 5.26 Å². The Morgan fingerprint density at radius 1 is 1.27 bits per heavy atom. The monoisotopic (exact) mass is 294 g/mol. The highest BCUT2D eigenvalue weighted by molar-refractivity contribution is 6.09. The van der Waals surface area contributed by atoms with Crippen LogP contribution in [0.4, 0.5) is 5.69 Å². The number of benzene rings is 2. The molecule has 0 atom stereocenters. The van der Waals surface area contributed by atoms with Gasteiger partial charge in [-0.05, 0) is 35.9 Å². The Morgan fingerprint density at radius 2 is 2.00 bits per heavy atom. The van der Waals surface area contributed by atoms with Gasteiger partial charge in [-0.25, -0.2) is 0 Å². The number of carbonyl (C=O) groups is 1. The lowest BCUT2D eigenvalue weighted by molar-refractivity contribution is -0.112. The first-order valence-corrected chi connectivity index (χ1v) is 6.48. The van der Waals surface area contributed by atoms with E-state index in [4.69, 9.17) is 10.00 Å². The molecule has 0 saturated heterocycles. The predicted octanol–water partition coefficient (Wildman–Crippen LogP) is 2.95. The fourth-order valence-corrected chi connectivity index (χ4v) is 1.79. The zero-order valence-electron chi connectivity index (χ0n) is 11.9. The van der Waals surface area contributed by atoms with Crippen LogP contribution in [0.5, 0.6) is 11.5 Å². The van der Waals surface area contributed by atoms with Crippen LogP contribution >= 0.6 is 0 Å². The lowest BCUT2D eigenvalue weighted by Gasteiger charge is -2.06. The van der Waals surface area contributed by atoms with Gasteiger partial charge in [0.25, 0.3) is 5.91 Å². The summed E-state index contributed by atoms with van der Waals surface area (Å²) < 4.78 is 5.08. The lowest BCUT2D eigenvalue weighted by Crippen LogP contribution is -2.13. The Labute approximate surface area is 128 Å². The van der Waals surface area contributed by atoms with Crippen molar-refractivity contribution in [2.75, 3.05) is 12.4 Å². The molecule has 0 radical (unpaired) electrons. The van der Waals surface area contributed by atoms with Crippen LogP contribution in [0.3, 0.4) is 0 Å². The normalized spacial score (nSPS) is 10.6. The molecule has 22 heavy (non-hydrogen) atoms. The molecule has 2 N–H and O–H groups in total. The molecule has 5 heteroatoms. The first-order valence-electron chi connectivity index (χ1n) is 6.48. The van der Waals surface area contributed by atoms with E-state index in [2.05, 4.69) is 5.32 Å². The summed E-state index contributed by atoms with van der Waals surface area (Å²) in [5.74, 6) is 0.221. The van der Waals surface area contributed by atoms with E-state index in [1.807, 2.05) is 6.07 Å². The number of anilines is 1. The molecular formula is C17H14N2O3. The lowest BCUT2D eigenvalue weighted by atomic mass is 10.1. The molecule has 2 rings (SSSR count). The van der Waals surface area contributed by atoms with Crippen LogP contribution in [-0.4, -0.2) is 18.1 Å². The maximum atomic E-state index is 12.1. The van der Waals surface area contributed by atoms with E-state index in [-0.39, 0.29) is 11.3 Å². The average molecular weight is 294 g/mol. The second kappa shape index (κ2) is 6.95. The summed E-state index contributed by atoms with van der Waals surface area (Å²) in [7, 11) is 1.53. The molecule has 0 aliphatic heterocycles. The summed E-state index contributed by atoms with van der Waals surface area (Å²) in [5, 5.41) is 21.0. The van der Waals surface area contributed by atoms with Crippen LogP contribution in [0.15, 0.2) is 54.1 Å². The molecule has 5 nitrogen and oxygen atoms in total. The largest absolute Gasteiger partial charge is 0.508 e. The highest BCUT2D eigenvalue weighted by Crippen LogP contribution is 2.18. The minimum atomic E-state index is -0.510. The number of hydrogen-bond donors (Lipinski definition) is 2. The van der Waals surface area contributed by atoms with Gasteiger partial charge in [0.1, 0.15) is 23.1 Å². The number of phenolic OH excluding ortho intramolecular Hbond substituents is 1. The molecule has 0 spiro atoms. The minimum Gasteiger partial charge on any atom is -0.508 e. The number of methoxy groups -OCH3 is 1. The van der Waals surface area contributed by atoms with Crippen LogP contribution in [0.1, 0.15) is 5.56 Å². The van der Waals surface area contributed by atoms with Gasteiger partial charge in [0.05, 0.1) is 7.11 Å². The van der Waals surface area contributed by atoms with Gasteiger partial charge in [-0.15, -0.1) is 0 Å². The number of phenols is 1. The quantitative estimate of drug-likeness (QED) is 0.671. The van der Waals surface area contributed by atoms with Gasteiger partial charge >= 0.3 is 0 Å². The Morgan fingerprint density at radius 3 is 2.64 bits per heavy atom. The summed E-state index contributed by atoms with van der Waals surface area (Å²) in [6.45, 7) is 0. The molecule has 110 valence electrons. The van der Waals surface area contributed by atoms with Crippen molar-refractivity contribution in [2.24, 2.45) is 0 Å². The van der Waals surface area contributed by atoms with Gasteiger partial charge in [-0.2, -0.15) is 5.26 Å². The van der Waals surface area contributed by atoms with E-state index >= 15 is 0 Å². The van der Waals surface area contributed by atoms with Crippen molar-refractivity contribution in [3.63, 3.8) is 0 Å². The SMILES string of the molecule is COc1cccc(NC(=O)/C(C#N)=C\c2ccc(O)cc2)c1. The van der Waals surface area contributed by atoms with Gasteiger partial charge in [-0.3, -0.25) is 4.79 Å². The van der Waals surface area contributed by atoms with Crippen LogP contribution in [0.25, 0.3) is 6.08 Å². The molecule has 1 amide bonds. The van der Waals surface area contributed by atoms with E-state index < -0.39 is 5.91 Å². The number of amides is 1. The number of carbonyl (C=O) groups excluding carboxylic acids is 1. The summed E-state index contributed by atoms with van der Waals surface area (Å²) >= 11 is 0. The Hall–Kier alpha value is -3.26. The fraction of sp³-hybridized carbons (Fsp3) is 0.0588. The molecule has 0 unspecified atom stereocenters. The number of nitrogens with one attached hydrogen (secondary N) is 1. The molecule has 0 fully saturated rings. The van der Waals surface area contributed by atoms with Gasteiger partial charge in [0.2, 0.25) is 0 Å². The first-order chi connectivity index (χ1) is 10.6. The molecule has 2 aromatic rings. The van der Waals surface area contributed by atoms with Crippen molar-refractivity contribution in [1.82, 2.24) is 0 Å². The van der Waals surface area contributed by atoms with E-state index in [0.717, 1.165) is 0 Å². The van der Waals surface area contributed by atoms with Gasteiger partial charge in [-0.1, -0.05) is 18.2 Å². The number of ether oxygens (including phenoxy) is 1. The zero-order chi connectivity index (χ0) is 15.9.